The van der Waals surface area contributed by atoms with E-state index in [1.165, 1.54) is 6.07 Å². The quantitative estimate of drug-likeness (QED) is 0.225. The fourth-order valence-corrected chi connectivity index (χ4v) is 4.92. The third-order valence-corrected chi connectivity index (χ3v) is 6.89. The van der Waals surface area contributed by atoms with Crippen LogP contribution in [0.25, 0.3) is 10.9 Å². The van der Waals surface area contributed by atoms with Gasteiger partial charge in [-0.2, -0.15) is 0 Å². The zero-order chi connectivity index (χ0) is 28.3. The second-order valence-electron chi connectivity index (χ2n) is 9.79. The molecule has 2 heterocycles. The van der Waals surface area contributed by atoms with Crippen LogP contribution in [0.3, 0.4) is 0 Å². The molecule has 4 aromatic carbocycles. The number of amides is 2. The molecule has 0 saturated heterocycles. The van der Waals surface area contributed by atoms with Crippen LogP contribution in [0, 0.1) is 12.7 Å². The van der Waals surface area contributed by atoms with E-state index in [0.717, 1.165) is 10.9 Å². The highest BCUT2D eigenvalue weighted by Gasteiger charge is 2.35. The summed E-state index contributed by atoms with van der Waals surface area (Å²) in [5.41, 5.74) is 4.20. The number of rotatable bonds is 5. The monoisotopic (exact) mass is 543 g/mol. The molecular formula is C33H26FN5O2. The highest BCUT2D eigenvalue weighted by molar-refractivity contribution is 6.17. The van der Waals surface area contributed by atoms with Crippen LogP contribution in [0.15, 0.2) is 114 Å². The number of aliphatic imine (C=N–C) groups is 1. The van der Waals surface area contributed by atoms with Crippen LogP contribution >= 0.6 is 0 Å². The maximum absolute atomic E-state index is 15.1. The minimum absolute atomic E-state index is 0.217. The van der Waals surface area contributed by atoms with E-state index in [0.29, 0.717) is 28.2 Å². The average Bonchev–Trinajstić information content (AvgIpc) is 3.14. The highest BCUT2D eigenvalue weighted by Crippen LogP contribution is 2.28. The smallest absolute Gasteiger partial charge is 0.320 e. The van der Waals surface area contributed by atoms with Crippen molar-refractivity contribution in [3.63, 3.8) is 0 Å². The van der Waals surface area contributed by atoms with E-state index in [4.69, 9.17) is 4.99 Å². The standard InChI is InChI=1S/C33H26FN5O2/c1-20-9-8-11-22(19-20)35-33(41)39-32-30(31(40)28-18-17-21-10-2-6-15-26(21)36-28)37-27-16-7-4-13-24(27)29(38-32)23-12-3-5-14-25(23)34/h2-19,30,32,37H,1H3,(H2,35,39,41). The number of fused-ring (bicyclic) bond motifs is 2. The summed E-state index contributed by atoms with van der Waals surface area (Å²) in [7, 11) is 0. The molecule has 8 heteroatoms. The van der Waals surface area contributed by atoms with Crippen molar-refractivity contribution in [1.82, 2.24) is 10.3 Å². The molecule has 0 fully saturated rings. The summed E-state index contributed by atoms with van der Waals surface area (Å²) >= 11 is 0. The van der Waals surface area contributed by atoms with E-state index in [9.17, 15) is 9.59 Å². The number of benzodiazepines with no additional fused rings is 1. The number of benzene rings is 4. The molecule has 0 bridgehead atoms. The summed E-state index contributed by atoms with van der Waals surface area (Å²) in [4.78, 5) is 36.7. The topological polar surface area (TPSA) is 95.5 Å². The Kier molecular flexibility index (Phi) is 6.95. The molecule has 1 aromatic heterocycles. The predicted octanol–water partition coefficient (Wildman–Crippen LogP) is 6.34. The molecule has 0 radical (unpaired) electrons. The minimum Gasteiger partial charge on any atom is -0.371 e. The molecule has 0 aliphatic carbocycles. The third-order valence-electron chi connectivity index (χ3n) is 6.89. The Hall–Kier alpha value is -5.37. The Bertz CT molecular complexity index is 1820. The molecule has 7 nitrogen and oxygen atoms in total. The van der Waals surface area contributed by atoms with Crippen LogP contribution in [0.4, 0.5) is 20.6 Å². The summed E-state index contributed by atoms with van der Waals surface area (Å²) in [5, 5.41) is 9.84. The molecule has 5 aromatic rings. The molecule has 2 unspecified atom stereocenters. The summed E-state index contributed by atoms with van der Waals surface area (Å²) in [6.45, 7) is 1.92. The Labute approximate surface area is 236 Å². The molecule has 2 amide bonds. The number of nitrogens with one attached hydrogen (secondary N) is 3. The van der Waals surface area contributed by atoms with Gasteiger partial charge >= 0.3 is 6.03 Å². The number of hydrogen-bond donors (Lipinski definition) is 3. The van der Waals surface area contributed by atoms with E-state index in [-0.39, 0.29) is 17.0 Å². The number of Topliss-reactive ketones (excluding diaryl/α,β-unsaturated/α-hetero) is 1. The number of hydrogen-bond acceptors (Lipinski definition) is 5. The summed E-state index contributed by atoms with van der Waals surface area (Å²) < 4.78 is 15.1. The fourth-order valence-electron chi connectivity index (χ4n) is 4.92. The van der Waals surface area contributed by atoms with Gasteiger partial charge in [0.05, 0.1) is 11.2 Å². The van der Waals surface area contributed by atoms with Crippen molar-refractivity contribution >= 4 is 39.8 Å². The van der Waals surface area contributed by atoms with Crippen molar-refractivity contribution in [3.05, 3.63) is 137 Å². The first-order chi connectivity index (χ1) is 20.0. The Balaban J connectivity index is 1.44. The second-order valence-corrected chi connectivity index (χ2v) is 9.79. The molecule has 0 spiro atoms. The summed E-state index contributed by atoms with van der Waals surface area (Å²) in [6.07, 6.45) is -1.11. The first-order valence-electron chi connectivity index (χ1n) is 13.2. The van der Waals surface area contributed by atoms with Gasteiger partial charge in [-0.15, -0.1) is 0 Å². The number of pyridine rings is 1. The lowest BCUT2D eigenvalue weighted by Gasteiger charge is -2.24. The van der Waals surface area contributed by atoms with Gasteiger partial charge in [0.2, 0.25) is 5.78 Å². The van der Waals surface area contributed by atoms with Gasteiger partial charge in [-0.05, 0) is 55.0 Å². The lowest BCUT2D eigenvalue weighted by molar-refractivity contribution is 0.0952. The molecule has 41 heavy (non-hydrogen) atoms. The summed E-state index contributed by atoms with van der Waals surface area (Å²) in [5.74, 6) is -0.838. The first kappa shape index (κ1) is 25.9. The van der Waals surface area contributed by atoms with Crippen molar-refractivity contribution in [2.24, 2.45) is 4.99 Å². The average molecular weight is 544 g/mol. The zero-order valence-corrected chi connectivity index (χ0v) is 22.1. The van der Waals surface area contributed by atoms with Gasteiger partial charge < -0.3 is 16.0 Å². The molecule has 1 aliphatic rings. The van der Waals surface area contributed by atoms with Crippen molar-refractivity contribution in [2.75, 3.05) is 10.6 Å². The van der Waals surface area contributed by atoms with E-state index >= 15 is 4.39 Å². The van der Waals surface area contributed by atoms with Gasteiger partial charge in [-0.1, -0.05) is 66.7 Å². The van der Waals surface area contributed by atoms with Crippen molar-refractivity contribution in [3.8, 4) is 0 Å². The summed E-state index contributed by atoms with van der Waals surface area (Å²) in [6, 6.07) is 30.3. The molecule has 2 atom stereocenters. The van der Waals surface area contributed by atoms with Gasteiger partial charge in [0, 0.05) is 27.9 Å². The minimum atomic E-state index is -1.11. The Morgan fingerprint density at radius 1 is 0.829 bits per heavy atom. The Morgan fingerprint density at radius 3 is 2.41 bits per heavy atom. The maximum atomic E-state index is 15.1. The van der Waals surface area contributed by atoms with E-state index in [1.807, 2.05) is 67.6 Å². The number of para-hydroxylation sites is 2. The van der Waals surface area contributed by atoms with Crippen LogP contribution in [0.5, 0.6) is 0 Å². The third kappa shape index (κ3) is 5.40. The molecule has 202 valence electrons. The molecule has 1 aliphatic heterocycles. The SMILES string of the molecule is Cc1cccc(NC(=O)NC2N=C(c3ccccc3F)c3ccccc3NC2C(=O)c2ccc3ccccc3n2)c1. The van der Waals surface area contributed by atoms with E-state index in [2.05, 4.69) is 20.9 Å². The lowest BCUT2D eigenvalue weighted by Crippen LogP contribution is -2.50. The molecular weight excluding hydrogens is 517 g/mol. The predicted molar refractivity (Wildman–Crippen MR) is 159 cm³/mol. The number of urea groups is 1. The normalized spacial score (nSPS) is 16.1. The van der Waals surface area contributed by atoms with Gasteiger partial charge in [-0.3, -0.25) is 9.79 Å². The lowest BCUT2D eigenvalue weighted by atomic mass is 10.00. The van der Waals surface area contributed by atoms with Crippen molar-refractivity contribution in [1.29, 1.82) is 0 Å². The van der Waals surface area contributed by atoms with Gasteiger partial charge in [0.1, 0.15) is 17.6 Å². The number of carbonyl (C=O) groups is 2. The Morgan fingerprint density at radius 2 is 1.59 bits per heavy atom. The van der Waals surface area contributed by atoms with Crippen LogP contribution in [-0.2, 0) is 0 Å². The molecule has 6 rings (SSSR count). The largest absolute Gasteiger partial charge is 0.371 e. The van der Waals surface area contributed by atoms with Gasteiger partial charge in [0.25, 0.3) is 0 Å². The van der Waals surface area contributed by atoms with Crippen LogP contribution in [0.2, 0.25) is 0 Å². The molecule has 3 N–H and O–H groups in total. The van der Waals surface area contributed by atoms with Crippen LogP contribution in [0.1, 0.15) is 27.2 Å². The zero-order valence-electron chi connectivity index (χ0n) is 22.1. The molecule has 0 saturated carbocycles. The number of nitrogens with zero attached hydrogens (tertiary/aromatic N) is 2. The number of aromatic nitrogens is 1. The van der Waals surface area contributed by atoms with Crippen LogP contribution in [-0.4, -0.2) is 34.7 Å². The van der Waals surface area contributed by atoms with E-state index in [1.54, 1.807) is 42.5 Å². The number of anilines is 2. The highest BCUT2D eigenvalue weighted by atomic mass is 19.1. The van der Waals surface area contributed by atoms with Crippen LogP contribution < -0.4 is 16.0 Å². The number of aryl methyl sites for hydroxylation is 1. The maximum Gasteiger partial charge on any atom is 0.320 e. The van der Waals surface area contributed by atoms with Crippen molar-refractivity contribution < 1.29 is 14.0 Å². The first-order valence-corrected chi connectivity index (χ1v) is 13.2. The fraction of sp³-hybridized carbons (Fsp3) is 0.0909. The number of ketones is 1. The van der Waals surface area contributed by atoms with Gasteiger partial charge in [-0.25, -0.2) is 14.2 Å². The number of halogens is 1. The van der Waals surface area contributed by atoms with Crippen molar-refractivity contribution in [2.45, 2.75) is 19.1 Å². The number of carbonyl (C=O) groups excluding carboxylic acids is 2. The second kappa shape index (κ2) is 11.0. The van der Waals surface area contributed by atoms with Gasteiger partial charge in [0.15, 0.2) is 6.17 Å². The van der Waals surface area contributed by atoms with E-state index < -0.39 is 24.1 Å².